The maximum Gasteiger partial charge on any atom is 0.338 e. The first-order chi connectivity index (χ1) is 24.6. The molecule has 0 aliphatic carbocycles. The van der Waals surface area contributed by atoms with Crippen LogP contribution >= 0.6 is 0 Å². The van der Waals surface area contributed by atoms with Crippen LogP contribution in [-0.2, 0) is 16.1 Å². The minimum atomic E-state index is -0.470. The van der Waals surface area contributed by atoms with Crippen LogP contribution in [0.25, 0.3) is 0 Å². The van der Waals surface area contributed by atoms with Gasteiger partial charge in [0.05, 0.1) is 30.9 Å². The van der Waals surface area contributed by atoms with Crippen LogP contribution < -0.4 is 0 Å². The third-order valence-corrected chi connectivity index (χ3v) is 8.80. The van der Waals surface area contributed by atoms with E-state index >= 15 is 0 Å². The van der Waals surface area contributed by atoms with Gasteiger partial charge in [0.25, 0.3) is 0 Å². The Bertz CT molecular complexity index is 1000. The summed E-state index contributed by atoms with van der Waals surface area (Å²) in [5.41, 5.74) is 1.04. The molecule has 5 heteroatoms. The predicted octanol–water partition coefficient (Wildman–Crippen LogP) is 13.1. The Morgan fingerprint density at radius 2 is 0.820 bits per heavy atom. The molecule has 0 heterocycles. The molecular formula is C45H72O5. The molecule has 0 aromatic heterocycles. The number of rotatable bonds is 33. The van der Waals surface area contributed by atoms with Crippen molar-refractivity contribution in [3.05, 3.63) is 83.5 Å². The largest absolute Gasteiger partial charge is 0.462 e. The molecule has 50 heavy (non-hydrogen) atoms. The number of hydrogen-bond donors (Lipinski definition) is 1. The summed E-state index contributed by atoms with van der Waals surface area (Å²) in [6.45, 7) is 4.92. The van der Waals surface area contributed by atoms with Gasteiger partial charge in [-0.3, -0.25) is 0 Å². The SMILES string of the molecule is CCCCC/C=C\C/C=C\CCCCCCCCOC(=O)c1cc(CO)cc(C(=O)OCCCCCCCC/C=C\C/C=C\CCCCC)c1. The van der Waals surface area contributed by atoms with Gasteiger partial charge < -0.3 is 14.6 Å². The van der Waals surface area contributed by atoms with Gasteiger partial charge in [-0.15, -0.1) is 0 Å². The van der Waals surface area contributed by atoms with E-state index in [1.54, 1.807) is 12.1 Å². The Hall–Kier alpha value is -2.92. The van der Waals surface area contributed by atoms with E-state index in [1.807, 2.05) is 0 Å². The number of esters is 2. The molecule has 0 fully saturated rings. The van der Waals surface area contributed by atoms with Crippen LogP contribution in [0.5, 0.6) is 0 Å². The molecule has 1 aromatic rings. The van der Waals surface area contributed by atoms with Crippen molar-refractivity contribution in [1.29, 1.82) is 0 Å². The molecule has 0 atom stereocenters. The Morgan fingerprint density at radius 1 is 0.480 bits per heavy atom. The molecule has 0 aliphatic rings. The van der Waals surface area contributed by atoms with Crippen LogP contribution in [0.1, 0.15) is 194 Å². The molecule has 1 aromatic carbocycles. The average Bonchev–Trinajstić information content (AvgIpc) is 3.13. The highest BCUT2D eigenvalue weighted by Crippen LogP contribution is 2.15. The lowest BCUT2D eigenvalue weighted by atomic mass is 10.1. The molecular weight excluding hydrogens is 620 g/mol. The molecule has 0 spiro atoms. The second kappa shape index (κ2) is 34.5. The van der Waals surface area contributed by atoms with Gasteiger partial charge in [-0.2, -0.15) is 0 Å². The summed E-state index contributed by atoms with van der Waals surface area (Å²) >= 11 is 0. The Labute approximate surface area is 306 Å². The van der Waals surface area contributed by atoms with E-state index in [9.17, 15) is 14.7 Å². The number of hydrogen-bond acceptors (Lipinski definition) is 5. The standard InChI is InChI=1S/C45H72O5/c1-3-5-7-9-11-13-15-17-19-21-23-25-27-29-31-33-35-49-44(47)42-37-41(40-46)38-43(39-42)45(48)50-36-34-32-30-28-26-24-22-20-18-16-14-12-10-8-6-4-2/h11-14,17-20,37-39,46H,3-10,15-16,21-36,40H2,1-2H3/b13-11-,14-12-,19-17-,20-18-. The zero-order chi connectivity index (χ0) is 36.2. The minimum Gasteiger partial charge on any atom is -0.462 e. The summed E-state index contributed by atoms with van der Waals surface area (Å²) in [7, 11) is 0. The van der Waals surface area contributed by atoms with Crippen molar-refractivity contribution >= 4 is 11.9 Å². The van der Waals surface area contributed by atoms with Crippen LogP contribution in [0.4, 0.5) is 0 Å². The van der Waals surface area contributed by atoms with E-state index in [4.69, 9.17) is 9.47 Å². The monoisotopic (exact) mass is 693 g/mol. The number of aliphatic hydroxyl groups excluding tert-OH is 1. The van der Waals surface area contributed by atoms with E-state index < -0.39 is 11.9 Å². The number of allylic oxidation sites excluding steroid dienone is 8. The third-order valence-electron chi connectivity index (χ3n) is 8.80. The topological polar surface area (TPSA) is 72.8 Å². The number of aliphatic hydroxyl groups is 1. The van der Waals surface area contributed by atoms with E-state index in [0.29, 0.717) is 18.8 Å². The zero-order valence-electron chi connectivity index (χ0n) is 32.0. The van der Waals surface area contributed by atoms with Crippen LogP contribution in [-0.4, -0.2) is 30.3 Å². The van der Waals surface area contributed by atoms with E-state index in [0.717, 1.165) is 64.2 Å². The normalized spacial score (nSPS) is 11.9. The van der Waals surface area contributed by atoms with Crippen molar-refractivity contribution in [3.63, 3.8) is 0 Å². The van der Waals surface area contributed by atoms with Gasteiger partial charge in [0.15, 0.2) is 0 Å². The van der Waals surface area contributed by atoms with Gasteiger partial charge in [0.1, 0.15) is 0 Å². The van der Waals surface area contributed by atoms with Crippen LogP contribution in [0.3, 0.4) is 0 Å². The van der Waals surface area contributed by atoms with Gasteiger partial charge in [-0.1, -0.05) is 140 Å². The summed E-state index contributed by atoms with van der Waals surface area (Å²) in [5, 5.41) is 9.70. The fraction of sp³-hybridized carbons (Fsp3) is 0.644. The first-order valence-electron chi connectivity index (χ1n) is 20.3. The second-order valence-corrected chi connectivity index (χ2v) is 13.5. The summed E-state index contributed by atoms with van der Waals surface area (Å²) in [4.78, 5) is 25.4. The number of ether oxygens (including phenoxy) is 2. The number of unbranched alkanes of at least 4 members (excludes halogenated alkanes) is 18. The Morgan fingerprint density at radius 3 is 1.18 bits per heavy atom. The zero-order valence-corrected chi connectivity index (χ0v) is 32.0. The summed E-state index contributed by atoms with van der Waals surface area (Å²) in [6, 6.07) is 4.68. The molecule has 0 unspecified atom stereocenters. The number of benzene rings is 1. The van der Waals surface area contributed by atoms with Crippen molar-refractivity contribution in [1.82, 2.24) is 0 Å². The molecule has 0 saturated heterocycles. The molecule has 0 saturated carbocycles. The highest BCUT2D eigenvalue weighted by Gasteiger charge is 2.15. The van der Waals surface area contributed by atoms with Crippen molar-refractivity contribution in [2.75, 3.05) is 13.2 Å². The van der Waals surface area contributed by atoms with Crippen LogP contribution in [0, 0.1) is 0 Å². The Kier molecular flexibility index (Phi) is 31.1. The van der Waals surface area contributed by atoms with Crippen molar-refractivity contribution in [2.24, 2.45) is 0 Å². The number of carbonyl (C=O) groups is 2. The van der Waals surface area contributed by atoms with Crippen LogP contribution in [0.15, 0.2) is 66.8 Å². The van der Waals surface area contributed by atoms with Crippen molar-refractivity contribution in [2.45, 2.75) is 175 Å². The van der Waals surface area contributed by atoms with E-state index in [-0.39, 0.29) is 17.7 Å². The van der Waals surface area contributed by atoms with Gasteiger partial charge in [0.2, 0.25) is 0 Å². The lowest BCUT2D eigenvalue weighted by molar-refractivity contribution is 0.0495. The average molecular weight is 693 g/mol. The maximum atomic E-state index is 12.7. The molecule has 0 amide bonds. The molecule has 282 valence electrons. The summed E-state index contributed by atoms with van der Waals surface area (Å²) < 4.78 is 11.0. The fourth-order valence-electron chi connectivity index (χ4n) is 5.70. The van der Waals surface area contributed by atoms with Crippen molar-refractivity contribution in [3.8, 4) is 0 Å². The Balaban J connectivity index is 2.14. The maximum absolute atomic E-state index is 12.7. The third kappa shape index (κ3) is 26.9. The van der Waals surface area contributed by atoms with E-state index in [1.165, 1.54) is 96.0 Å². The lowest BCUT2D eigenvalue weighted by Crippen LogP contribution is -2.11. The minimum absolute atomic E-state index is 0.265. The molecule has 1 rings (SSSR count). The molecule has 0 aliphatic heterocycles. The lowest BCUT2D eigenvalue weighted by Gasteiger charge is -2.10. The second-order valence-electron chi connectivity index (χ2n) is 13.5. The first-order valence-corrected chi connectivity index (χ1v) is 20.3. The molecule has 0 radical (unpaired) electrons. The van der Waals surface area contributed by atoms with Gasteiger partial charge in [0, 0.05) is 0 Å². The quantitative estimate of drug-likeness (QED) is 0.0451. The van der Waals surface area contributed by atoms with Gasteiger partial charge in [-0.05, 0) is 101 Å². The number of carbonyl (C=O) groups excluding carboxylic acids is 2. The first kappa shape index (κ1) is 45.1. The summed E-state index contributed by atoms with van der Waals surface area (Å²) in [5.74, 6) is -0.941. The summed E-state index contributed by atoms with van der Waals surface area (Å²) in [6.07, 6.45) is 46.1. The van der Waals surface area contributed by atoms with Crippen molar-refractivity contribution < 1.29 is 24.2 Å². The molecule has 5 nitrogen and oxygen atoms in total. The van der Waals surface area contributed by atoms with E-state index in [2.05, 4.69) is 62.5 Å². The molecule has 0 bridgehead atoms. The van der Waals surface area contributed by atoms with Crippen LogP contribution in [0.2, 0.25) is 0 Å². The highest BCUT2D eigenvalue weighted by atomic mass is 16.5. The predicted molar refractivity (Wildman–Crippen MR) is 212 cm³/mol. The smallest absolute Gasteiger partial charge is 0.338 e. The fourth-order valence-corrected chi connectivity index (χ4v) is 5.70. The van der Waals surface area contributed by atoms with Gasteiger partial charge >= 0.3 is 11.9 Å². The highest BCUT2D eigenvalue weighted by molar-refractivity contribution is 5.95. The van der Waals surface area contributed by atoms with Gasteiger partial charge in [-0.25, -0.2) is 9.59 Å². The molecule has 1 N–H and O–H groups in total.